The third-order valence-corrected chi connectivity index (χ3v) is 9.48. The van der Waals surface area contributed by atoms with E-state index in [0.29, 0.717) is 36.8 Å². The van der Waals surface area contributed by atoms with E-state index in [1.807, 2.05) is 79.9 Å². The van der Waals surface area contributed by atoms with Crippen molar-refractivity contribution < 1.29 is 18.3 Å². The van der Waals surface area contributed by atoms with Gasteiger partial charge in [0.25, 0.3) is 0 Å². The Morgan fingerprint density at radius 2 is 1.56 bits per heavy atom. The number of hydrogen-bond donors (Lipinski definition) is 1. The van der Waals surface area contributed by atoms with Crippen LogP contribution < -0.4 is 0 Å². The van der Waals surface area contributed by atoms with Gasteiger partial charge < -0.3 is 9.67 Å². The topological polar surface area (TPSA) is 92.5 Å². The zero-order valence-electron chi connectivity index (χ0n) is 22.5. The number of hydrogen-bond acceptors (Lipinski definition) is 5. The van der Waals surface area contributed by atoms with E-state index in [2.05, 4.69) is 0 Å². The Kier molecular flexibility index (Phi) is 9.15. The van der Waals surface area contributed by atoms with Crippen molar-refractivity contribution in [2.75, 3.05) is 18.8 Å². The lowest BCUT2D eigenvalue weighted by molar-refractivity contribution is -0.144. The van der Waals surface area contributed by atoms with E-state index in [4.69, 9.17) is 4.98 Å². The number of carbonyl (C=O) groups is 1. The highest BCUT2D eigenvalue weighted by Crippen LogP contribution is 2.37. The van der Waals surface area contributed by atoms with Crippen LogP contribution in [0.5, 0.6) is 0 Å². The van der Waals surface area contributed by atoms with Gasteiger partial charge in [-0.25, -0.2) is 18.2 Å². The van der Waals surface area contributed by atoms with Gasteiger partial charge in [0.2, 0.25) is 10.0 Å². The van der Waals surface area contributed by atoms with Gasteiger partial charge in [-0.05, 0) is 48.1 Å². The number of nitrogens with zero attached hydrogens (tertiary/aromatic N) is 3. The monoisotopic (exact) mass is 565 g/mol. The second-order valence-electron chi connectivity index (χ2n) is 10.5. The van der Waals surface area contributed by atoms with Gasteiger partial charge >= 0.3 is 5.97 Å². The summed E-state index contributed by atoms with van der Waals surface area (Å²) >= 11 is 1.46. The highest BCUT2D eigenvalue weighted by atomic mass is 32.2. The first kappa shape index (κ1) is 28.9. The first-order valence-electron chi connectivity index (χ1n) is 13.0. The van der Waals surface area contributed by atoms with Crippen molar-refractivity contribution >= 4 is 38.8 Å². The van der Waals surface area contributed by atoms with Gasteiger partial charge in [-0.15, -0.1) is 0 Å². The minimum atomic E-state index is -3.66. The summed E-state index contributed by atoms with van der Waals surface area (Å²) in [6.07, 6.45) is 1.20. The molecule has 1 unspecified atom stereocenters. The van der Waals surface area contributed by atoms with Crippen LogP contribution >= 0.6 is 11.8 Å². The third kappa shape index (κ3) is 6.90. The van der Waals surface area contributed by atoms with Gasteiger partial charge in [0.15, 0.2) is 5.16 Å². The number of imidazole rings is 1. The smallest absolute Gasteiger partial charge is 0.327 e. The van der Waals surface area contributed by atoms with Gasteiger partial charge in [0.1, 0.15) is 6.04 Å². The molecule has 0 spiro atoms. The van der Waals surface area contributed by atoms with Crippen LogP contribution in [-0.2, 0) is 21.2 Å². The number of sulfonamides is 1. The summed E-state index contributed by atoms with van der Waals surface area (Å²) < 4.78 is 30.4. The molecule has 4 rings (SSSR count). The minimum Gasteiger partial charge on any atom is -0.480 e. The lowest BCUT2D eigenvalue weighted by atomic mass is 9.86. The van der Waals surface area contributed by atoms with E-state index < -0.39 is 27.4 Å². The Morgan fingerprint density at radius 3 is 2.21 bits per heavy atom. The van der Waals surface area contributed by atoms with Crippen molar-refractivity contribution in [1.82, 2.24) is 13.9 Å². The molecule has 206 valence electrons. The van der Waals surface area contributed by atoms with Crippen molar-refractivity contribution in [2.45, 2.75) is 49.7 Å². The maximum Gasteiger partial charge on any atom is 0.327 e. The number of aliphatic carboxylic acids is 1. The summed E-state index contributed by atoms with van der Waals surface area (Å²) in [5.41, 5.74) is 2.06. The molecule has 0 bridgehead atoms. The molecule has 0 aliphatic carbocycles. The van der Waals surface area contributed by atoms with E-state index >= 15 is 0 Å². The first-order chi connectivity index (χ1) is 18.6. The van der Waals surface area contributed by atoms with Crippen molar-refractivity contribution in [1.29, 1.82) is 0 Å². The summed E-state index contributed by atoms with van der Waals surface area (Å²) in [7, 11) is -3.66. The quantitative estimate of drug-likeness (QED) is 0.164. The van der Waals surface area contributed by atoms with Gasteiger partial charge in [-0.3, -0.25) is 0 Å². The number of para-hydroxylation sites is 2. The van der Waals surface area contributed by atoms with E-state index in [1.54, 1.807) is 34.6 Å². The van der Waals surface area contributed by atoms with Crippen LogP contribution in [0.4, 0.5) is 0 Å². The maximum absolute atomic E-state index is 13.5. The molecule has 0 saturated carbocycles. The van der Waals surface area contributed by atoms with Gasteiger partial charge in [-0.2, -0.15) is 4.31 Å². The molecule has 1 heterocycles. The molecule has 0 fully saturated rings. The zero-order chi connectivity index (χ0) is 28.0. The molecule has 9 heteroatoms. The molecule has 0 aliphatic rings. The summed E-state index contributed by atoms with van der Waals surface area (Å²) in [5, 5.41) is 10.8. The summed E-state index contributed by atoms with van der Waals surface area (Å²) in [4.78, 5) is 17.4. The lowest BCUT2D eigenvalue weighted by Gasteiger charge is -2.29. The van der Waals surface area contributed by atoms with Crippen molar-refractivity contribution in [3.63, 3.8) is 0 Å². The number of carboxylic acids is 1. The fourth-order valence-electron chi connectivity index (χ4n) is 4.64. The molecule has 1 aromatic heterocycles. The molecule has 4 aromatic rings. The average Bonchev–Trinajstić information content (AvgIpc) is 3.26. The molecule has 0 aliphatic heterocycles. The van der Waals surface area contributed by atoms with Gasteiger partial charge in [-0.1, -0.05) is 93.2 Å². The SMILES string of the molecule is CC(C)(C)C(C(=O)O)n1c(SCCCN(CCc2ccccc2)S(=O)(=O)c2ccccc2)nc2ccccc21. The zero-order valence-corrected chi connectivity index (χ0v) is 24.2. The van der Waals surface area contributed by atoms with E-state index in [1.165, 1.54) is 11.8 Å². The van der Waals surface area contributed by atoms with Crippen molar-refractivity contribution in [2.24, 2.45) is 5.41 Å². The van der Waals surface area contributed by atoms with E-state index in [9.17, 15) is 18.3 Å². The van der Waals surface area contributed by atoms with Crippen LogP contribution in [0.2, 0.25) is 0 Å². The Hall–Kier alpha value is -3.14. The van der Waals surface area contributed by atoms with E-state index in [-0.39, 0.29) is 4.90 Å². The molecule has 1 atom stereocenters. The van der Waals surface area contributed by atoms with E-state index in [0.717, 1.165) is 16.6 Å². The van der Waals surface area contributed by atoms with Gasteiger partial charge in [0, 0.05) is 18.8 Å². The Labute approximate surface area is 234 Å². The number of benzene rings is 3. The van der Waals surface area contributed by atoms with Crippen molar-refractivity contribution in [3.05, 3.63) is 90.5 Å². The van der Waals surface area contributed by atoms with Gasteiger partial charge in [0.05, 0.1) is 15.9 Å². The fraction of sp³-hybridized carbons (Fsp3) is 0.333. The Bertz CT molecular complexity index is 1500. The molecule has 39 heavy (non-hydrogen) atoms. The van der Waals surface area contributed by atoms with Crippen LogP contribution in [0.1, 0.15) is 38.8 Å². The molecule has 0 radical (unpaired) electrons. The molecule has 1 N–H and O–H groups in total. The van der Waals surface area contributed by atoms with Crippen molar-refractivity contribution in [3.8, 4) is 0 Å². The standard InChI is InChI=1S/C30H35N3O4S2/c1-30(2,3)27(28(34)35)33-26-18-11-10-17-25(26)31-29(33)38-22-12-20-32(21-19-23-13-6-4-7-14-23)39(36,37)24-15-8-5-9-16-24/h4-11,13-18,27H,12,19-22H2,1-3H3,(H,34,35). The van der Waals surface area contributed by atoms with Crippen LogP contribution in [0.15, 0.2) is 95.0 Å². The number of rotatable bonds is 12. The van der Waals surface area contributed by atoms with Crippen LogP contribution in [-0.4, -0.2) is 52.2 Å². The van der Waals surface area contributed by atoms with Crippen LogP contribution in [0.3, 0.4) is 0 Å². The number of carboxylic acid groups (broad SMARTS) is 1. The summed E-state index contributed by atoms with van der Waals surface area (Å²) in [6, 6.07) is 25.1. The maximum atomic E-state index is 13.5. The number of aromatic nitrogens is 2. The second kappa shape index (κ2) is 12.4. The minimum absolute atomic E-state index is 0.280. The molecule has 0 saturated heterocycles. The van der Waals surface area contributed by atoms with Crippen LogP contribution in [0, 0.1) is 5.41 Å². The molecular weight excluding hydrogens is 530 g/mol. The second-order valence-corrected chi connectivity index (χ2v) is 13.5. The highest BCUT2D eigenvalue weighted by molar-refractivity contribution is 7.99. The molecule has 3 aromatic carbocycles. The first-order valence-corrected chi connectivity index (χ1v) is 15.4. The molecule has 0 amide bonds. The lowest BCUT2D eigenvalue weighted by Crippen LogP contribution is -2.34. The Morgan fingerprint density at radius 1 is 0.949 bits per heavy atom. The Balaban J connectivity index is 1.53. The fourth-order valence-corrected chi connectivity index (χ4v) is 7.10. The van der Waals surface area contributed by atoms with Crippen LogP contribution in [0.25, 0.3) is 11.0 Å². The molecular formula is C30H35N3O4S2. The predicted molar refractivity (Wildman–Crippen MR) is 157 cm³/mol. The number of fused-ring (bicyclic) bond motifs is 1. The summed E-state index contributed by atoms with van der Waals surface area (Å²) in [5.74, 6) is -0.320. The predicted octanol–water partition coefficient (Wildman–Crippen LogP) is 6.12. The molecule has 7 nitrogen and oxygen atoms in total. The normalized spacial score (nSPS) is 13.1. The third-order valence-electron chi connectivity index (χ3n) is 6.53. The highest BCUT2D eigenvalue weighted by Gasteiger charge is 2.36. The number of thioether (sulfide) groups is 1. The largest absolute Gasteiger partial charge is 0.480 e. The average molecular weight is 566 g/mol. The summed E-state index contributed by atoms with van der Waals surface area (Å²) in [6.45, 7) is 6.45.